The van der Waals surface area contributed by atoms with Crippen molar-refractivity contribution >= 4 is 39.4 Å². The first-order valence-electron chi connectivity index (χ1n) is 6.35. The number of nitrogens with one attached hydrogen (secondary N) is 1. The van der Waals surface area contributed by atoms with Crippen LogP contribution in [0.4, 0.5) is 16.5 Å². The summed E-state index contributed by atoms with van der Waals surface area (Å²) in [5.74, 6) is 0. The summed E-state index contributed by atoms with van der Waals surface area (Å²) >= 11 is 7.30. The monoisotopic (exact) mass is 331 g/mol. The van der Waals surface area contributed by atoms with Crippen molar-refractivity contribution in [2.75, 3.05) is 5.32 Å². The lowest BCUT2D eigenvalue weighted by atomic mass is 10.2. The topological polar surface area (TPSA) is 68.1 Å². The number of nitro benzene ring substituents is 1. The fourth-order valence-electron chi connectivity index (χ4n) is 1.91. The van der Waals surface area contributed by atoms with E-state index in [0.29, 0.717) is 15.8 Å². The maximum atomic E-state index is 10.8. The molecule has 3 rings (SSSR count). The van der Waals surface area contributed by atoms with Crippen LogP contribution in [-0.2, 0) is 0 Å². The third-order valence-electron chi connectivity index (χ3n) is 2.95. The number of thiazole rings is 1. The Morgan fingerprint density at radius 3 is 2.68 bits per heavy atom. The summed E-state index contributed by atoms with van der Waals surface area (Å²) in [7, 11) is 0. The van der Waals surface area contributed by atoms with Gasteiger partial charge in [-0.15, -0.1) is 11.3 Å². The molecule has 0 fully saturated rings. The Bertz CT molecular complexity index is 818. The van der Waals surface area contributed by atoms with Crippen LogP contribution in [0.5, 0.6) is 0 Å². The fourth-order valence-corrected chi connectivity index (χ4v) is 2.77. The maximum Gasteiger partial charge on any atom is 0.271 e. The lowest BCUT2D eigenvalue weighted by molar-refractivity contribution is -0.384. The van der Waals surface area contributed by atoms with E-state index in [9.17, 15) is 10.1 Å². The fraction of sp³-hybridized carbons (Fsp3) is 0. The molecule has 7 heteroatoms. The molecule has 0 aliphatic heterocycles. The van der Waals surface area contributed by atoms with Crippen LogP contribution in [0.3, 0.4) is 0 Å². The van der Waals surface area contributed by atoms with Gasteiger partial charge in [0.25, 0.3) is 5.69 Å². The Hall–Kier alpha value is -2.44. The van der Waals surface area contributed by atoms with Gasteiger partial charge in [-0.05, 0) is 18.2 Å². The molecule has 0 spiro atoms. The van der Waals surface area contributed by atoms with E-state index in [-0.39, 0.29) is 5.69 Å². The molecule has 1 aromatic heterocycles. The van der Waals surface area contributed by atoms with E-state index in [2.05, 4.69) is 10.3 Å². The molecule has 5 nitrogen and oxygen atoms in total. The number of anilines is 2. The first kappa shape index (κ1) is 14.5. The average molecular weight is 332 g/mol. The van der Waals surface area contributed by atoms with Crippen molar-refractivity contribution in [1.82, 2.24) is 4.98 Å². The molecule has 1 N–H and O–H groups in total. The van der Waals surface area contributed by atoms with Crippen molar-refractivity contribution in [2.24, 2.45) is 0 Å². The summed E-state index contributed by atoms with van der Waals surface area (Å²) in [6.45, 7) is 0. The highest BCUT2D eigenvalue weighted by Gasteiger charge is 2.08. The lowest BCUT2D eigenvalue weighted by Crippen LogP contribution is -1.92. The molecular weight excluding hydrogens is 322 g/mol. The molecule has 0 aliphatic carbocycles. The minimum atomic E-state index is -0.424. The second-order valence-electron chi connectivity index (χ2n) is 4.48. The van der Waals surface area contributed by atoms with Crippen molar-refractivity contribution in [2.45, 2.75) is 0 Å². The number of non-ortho nitro benzene ring substituents is 1. The van der Waals surface area contributed by atoms with E-state index in [0.717, 1.165) is 11.3 Å². The van der Waals surface area contributed by atoms with Crippen LogP contribution in [0.15, 0.2) is 53.9 Å². The highest BCUT2D eigenvalue weighted by molar-refractivity contribution is 7.14. The van der Waals surface area contributed by atoms with Gasteiger partial charge in [-0.2, -0.15) is 0 Å². The molecule has 0 aliphatic rings. The Kier molecular flexibility index (Phi) is 4.04. The van der Waals surface area contributed by atoms with E-state index in [1.165, 1.54) is 23.5 Å². The zero-order chi connectivity index (χ0) is 15.5. The predicted molar refractivity (Wildman–Crippen MR) is 88.9 cm³/mol. The molecule has 0 radical (unpaired) electrons. The Morgan fingerprint density at radius 2 is 1.95 bits per heavy atom. The molecule has 0 saturated carbocycles. The minimum absolute atomic E-state index is 0.0412. The van der Waals surface area contributed by atoms with E-state index in [1.54, 1.807) is 12.1 Å². The Balaban J connectivity index is 1.81. The van der Waals surface area contributed by atoms with Gasteiger partial charge in [0.15, 0.2) is 5.13 Å². The van der Waals surface area contributed by atoms with Crippen molar-refractivity contribution in [1.29, 1.82) is 0 Å². The zero-order valence-corrected chi connectivity index (χ0v) is 12.8. The van der Waals surface area contributed by atoms with E-state index >= 15 is 0 Å². The first-order valence-corrected chi connectivity index (χ1v) is 7.60. The molecule has 0 amide bonds. The van der Waals surface area contributed by atoms with Gasteiger partial charge in [-0.3, -0.25) is 10.1 Å². The van der Waals surface area contributed by atoms with Crippen molar-refractivity contribution in [3.05, 3.63) is 69.0 Å². The van der Waals surface area contributed by atoms with Gasteiger partial charge >= 0.3 is 0 Å². The number of hydrogen-bond donors (Lipinski definition) is 1. The van der Waals surface area contributed by atoms with Gasteiger partial charge in [-0.25, -0.2) is 4.98 Å². The summed E-state index contributed by atoms with van der Waals surface area (Å²) < 4.78 is 0. The minimum Gasteiger partial charge on any atom is -0.331 e. The van der Waals surface area contributed by atoms with Crippen molar-refractivity contribution in [3.63, 3.8) is 0 Å². The third-order valence-corrected chi connectivity index (χ3v) is 3.96. The quantitative estimate of drug-likeness (QED) is 0.532. The van der Waals surface area contributed by atoms with Crippen molar-refractivity contribution in [3.8, 4) is 11.3 Å². The first-order chi connectivity index (χ1) is 10.6. The number of hydrogen-bond acceptors (Lipinski definition) is 5. The molecule has 110 valence electrons. The van der Waals surface area contributed by atoms with Gasteiger partial charge in [0, 0.05) is 33.8 Å². The number of nitro groups is 1. The summed E-state index contributed by atoms with van der Waals surface area (Å²) in [6, 6.07) is 13.7. The maximum absolute atomic E-state index is 10.8. The van der Waals surface area contributed by atoms with Gasteiger partial charge in [0.2, 0.25) is 0 Å². The van der Waals surface area contributed by atoms with E-state index < -0.39 is 4.92 Å². The van der Waals surface area contributed by atoms with Crippen molar-refractivity contribution < 1.29 is 4.92 Å². The van der Waals surface area contributed by atoms with E-state index in [1.807, 2.05) is 29.6 Å². The van der Waals surface area contributed by atoms with Crippen LogP contribution in [0, 0.1) is 10.1 Å². The zero-order valence-electron chi connectivity index (χ0n) is 11.2. The smallest absolute Gasteiger partial charge is 0.271 e. The second-order valence-corrected chi connectivity index (χ2v) is 5.77. The van der Waals surface area contributed by atoms with Gasteiger partial charge in [0.1, 0.15) is 0 Å². The summed E-state index contributed by atoms with van der Waals surface area (Å²) in [6.07, 6.45) is 0. The molecule has 0 atom stereocenters. The normalized spacial score (nSPS) is 10.4. The van der Waals surface area contributed by atoms with Crippen LogP contribution in [-0.4, -0.2) is 9.91 Å². The number of rotatable bonds is 4. The SMILES string of the molecule is O=[N+]([O-])c1cccc(Nc2nc(-c3ccc(Cl)cc3)cs2)c1. The Morgan fingerprint density at radius 1 is 1.18 bits per heavy atom. The summed E-state index contributed by atoms with van der Waals surface area (Å²) in [5, 5.41) is 17.1. The van der Waals surface area contributed by atoms with Crippen LogP contribution in [0.25, 0.3) is 11.3 Å². The molecule has 0 saturated heterocycles. The average Bonchev–Trinajstić information content (AvgIpc) is 2.96. The number of nitrogens with zero attached hydrogens (tertiary/aromatic N) is 2. The molecule has 2 aromatic carbocycles. The van der Waals surface area contributed by atoms with Crippen LogP contribution < -0.4 is 5.32 Å². The van der Waals surface area contributed by atoms with Gasteiger partial charge in [-0.1, -0.05) is 29.8 Å². The number of halogens is 1. The molecule has 3 aromatic rings. The Labute approximate surface area is 135 Å². The third kappa shape index (κ3) is 3.24. The molecule has 0 unspecified atom stereocenters. The summed E-state index contributed by atoms with van der Waals surface area (Å²) in [4.78, 5) is 14.8. The van der Waals surface area contributed by atoms with Gasteiger partial charge < -0.3 is 5.32 Å². The van der Waals surface area contributed by atoms with E-state index in [4.69, 9.17) is 11.6 Å². The molecular formula is C15H10ClN3O2S. The number of aromatic nitrogens is 1. The lowest BCUT2D eigenvalue weighted by Gasteiger charge is -2.02. The second kappa shape index (κ2) is 6.13. The van der Waals surface area contributed by atoms with Crippen LogP contribution in [0.1, 0.15) is 0 Å². The molecule has 0 bridgehead atoms. The molecule has 1 heterocycles. The molecule has 22 heavy (non-hydrogen) atoms. The van der Waals surface area contributed by atoms with Gasteiger partial charge in [0.05, 0.1) is 10.6 Å². The summed E-state index contributed by atoms with van der Waals surface area (Å²) in [5.41, 5.74) is 2.47. The predicted octanol–water partition coefficient (Wildman–Crippen LogP) is 5.12. The number of benzene rings is 2. The highest BCUT2D eigenvalue weighted by atomic mass is 35.5. The largest absolute Gasteiger partial charge is 0.331 e. The highest BCUT2D eigenvalue weighted by Crippen LogP contribution is 2.28. The standard InChI is InChI=1S/C15H10ClN3O2S/c16-11-6-4-10(5-7-11)14-9-22-15(18-14)17-12-2-1-3-13(8-12)19(20)21/h1-9H,(H,17,18). The van der Waals surface area contributed by atoms with Crippen LogP contribution in [0.2, 0.25) is 5.02 Å². The van der Waals surface area contributed by atoms with Crippen LogP contribution >= 0.6 is 22.9 Å².